The van der Waals surface area contributed by atoms with E-state index in [-0.39, 0.29) is 23.4 Å². The van der Waals surface area contributed by atoms with Crippen molar-refractivity contribution in [3.05, 3.63) is 102 Å². The predicted octanol–water partition coefficient (Wildman–Crippen LogP) is 3.52. The van der Waals surface area contributed by atoms with Gasteiger partial charge in [0.25, 0.3) is 0 Å². The Bertz CT molecular complexity index is 1070. The van der Waals surface area contributed by atoms with Crippen molar-refractivity contribution in [2.45, 2.75) is 17.9 Å². The van der Waals surface area contributed by atoms with Crippen LogP contribution in [0.2, 0.25) is 0 Å². The molecule has 0 saturated heterocycles. The highest BCUT2D eigenvalue weighted by atomic mass is 32.2. The van der Waals surface area contributed by atoms with Gasteiger partial charge in [-0.1, -0.05) is 78.4 Å². The highest BCUT2D eigenvalue weighted by Crippen LogP contribution is 2.23. The van der Waals surface area contributed by atoms with Gasteiger partial charge in [-0.05, 0) is 30.2 Å². The van der Waals surface area contributed by atoms with Crippen LogP contribution < -0.4 is 5.32 Å². The first-order valence-corrected chi connectivity index (χ1v) is 10.7. The number of aryl methyl sites for hydroxylation is 1. The molecule has 0 radical (unpaired) electrons. The fourth-order valence-electron chi connectivity index (χ4n) is 3.12. The number of amides is 1. The molecule has 0 saturated carbocycles. The number of carbonyl (C=O) groups excluding carboxylic acids is 1. The van der Waals surface area contributed by atoms with Crippen LogP contribution in [0.3, 0.4) is 0 Å². The summed E-state index contributed by atoms with van der Waals surface area (Å²) >= 11 is 0. The van der Waals surface area contributed by atoms with E-state index >= 15 is 0 Å². The van der Waals surface area contributed by atoms with E-state index in [1.807, 2.05) is 61.5 Å². The lowest BCUT2D eigenvalue weighted by Crippen LogP contribution is -2.40. The summed E-state index contributed by atoms with van der Waals surface area (Å²) in [5.41, 5.74) is 2.96. The van der Waals surface area contributed by atoms with Gasteiger partial charge in [0.05, 0.1) is 17.5 Å². The standard InChI is InChI=1S/C23H24N2O3S/c1-18-10-9-13-20(16-18)23(19-11-5-3-6-12-19)24-22(26)17-25(2)29(27,28)21-14-7-4-8-15-21/h3-16,23H,17H2,1-2H3,(H,24,26). The molecule has 0 aromatic heterocycles. The summed E-state index contributed by atoms with van der Waals surface area (Å²) in [6.45, 7) is 1.72. The fourth-order valence-corrected chi connectivity index (χ4v) is 4.27. The van der Waals surface area contributed by atoms with Gasteiger partial charge >= 0.3 is 0 Å². The van der Waals surface area contributed by atoms with Crippen LogP contribution in [0.25, 0.3) is 0 Å². The third-order valence-corrected chi connectivity index (χ3v) is 6.45. The minimum atomic E-state index is -3.73. The Labute approximate surface area is 172 Å². The van der Waals surface area contributed by atoms with Crippen molar-refractivity contribution in [3.63, 3.8) is 0 Å². The second-order valence-corrected chi connectivity index (χ2v) is 8.94. The van der Waals surface area contributed by atoms with Crippen molar-refractivity contribution in [3.8, 4) is 0 Å². The Hall–Kier alpha value is -2.96. The number of nitrogens with one attached hydrogen (secondary N) is 1. The molecular weight excluding hydrogens is 384 g/mol. The smallest absolute Gasteiger partial charge is 0.243 e. The first kappa shape index (κ1) is 20.8. The zero-order valence-corrected chi connectivity index (χ0v) is 17.3. The van der Waals surface area contributed by atoms with Gasteiger partial charge in [0.15, 0.2) is 0 Å². The number of hydrogen-bond donors (Lipinski definition) is 1. The Morgan fingerprint density at radius 1 is 0.897 bits per heavy atom. The molecule has 3 aromatic carbocycles. The third kappa shape index (κ3) is 5.10. The molecule has 1 unspecified atom stereocenters. The molecule has 0 spiro atoms. The molecule has 0 bridgehead atoms. The van der Waals surface area contributed by atoms with Crippen molar-refractivity contribution in [2.75, 3.05) is 13.6 Å². The summed E-state index contributed by atoms with van der Waals surface area (Å²) in [6.07, 6.45) is 0. The summed E-state index contributed by atoms with van der Waals surface area (Å²) in [7, 11) is -2.32. The van der Waals surface area contributed by atoms with E-state index < -0.39 is 10.0 Å². The molecule has 1 N–H and O–H groups in total. The number of likely N-dealkylation sites (N-methyl/N-ethyl adjacent to an activating group) is 1. The van der Waals surface area contributed by atoms with Crippen molar-refractivity contribution in [1.29, 1.82) is 0 Å². The van der Waals surface area contributed by atoms with E-state index in [9.17, 15) is 13.2 Å². The van der Waals surface area contributed by atoms with Crippen molar-refractivity contribution < 1.29 is 13.2 Å². The van der Waals surface area contributed by atoms with Crippen molar-refractivity contribution in [1.82, 2.24) is 9.62 Å². The van der Waals surface area contributed by atoms with Gasteiger partial charge in [-0.3, -0.25) is 4.79 Å². The molecule has 6 heteroatoms. The molecule has 0 fully saturated rings. The zero-order chi connectivity index (χ0) is 20.9. The largest absolute Gasteiger partial charge is 0.344 e. The summed E-state index contributed by atoms with van der Waals surface area (Å²) in [4.78, 5) is 12.9. The molecule has 150 valence electrons. The third-order valence-electron chi connectivity index (χ3n) is 4.63. The van der Waals surface area contributed by atoms with Crippen LogP contribution in [-0.2, 0) is 14.8 Å². The van der Waals surface area contributed by atoms with Crippen molar-refractivity contribution >= 4 is 15.9 Å². The average molecular weight is 409 g/mol. The maximum absolute atomic E-state index is 12.8. The van der Waals surface area contributed by atoms with E-state index in [1.165, 1.54) is 19.2 Å². The van der Waals surface area contributed by atoms with Gasteiger partial charge in [-0.25, -0.2) is 8.42 Å². The van der Waals surface area contributed by atoms with Gasteiger partial charge in [0.1, 0.15) is 0 Å². The molecule has 0 heterocycles. The van der Waals surface area contributed by atoms with Crippen LogP contribution >= 0.6 is 0 Å². The normalized spacial score (nSPS) is 12.5. The van der Waals surface area contributed by atoms with Crippen molar-refractivity contribution in [2.24, 2.45) is 0 Å². The molecule has 3 rings (SSSR count). The molecule has 5 nitrogen and oxygen atoms in total. The van der Waals surface area contributed by atoms with Gasteiger partial charge in [0, 0.05) is 7.05 Å². The molecule has 3 aromatic rings. The Morgan fingerprint density at radius 2 is 1.48 bits per heavy atom. The first-order valence-electron chi connectivity index (χ1n) is 9.30. The molecule has 0 aliphatic carbocycles. The molecule has 1 amide bonds. The van der Waals surface area contributed by atoms with E-state index in [0.29, 0.717) is 0 Å². The highest BCUT2D eigenvalue weighted by Gasteiger charge is 2.24. The van der Waals surface area contributed by atoms with Crippen LogP contribution in [-0.4, -0.2) is 32.2 Å². The summed E-state index contributed by atoms with van der Waals surface area (Å²) < 4.78 is 26.4. The number of carbonyl (C=O) groups is 1. The average Bonchev–Trinajstić information content (AvgIpc) is 2.73. The molecule has 0 aliphatic rings. The monoisotopic (exact) mass is 408 g/mol. The fraction of sp³-hybridized carbons (Fsp3) is 0.174. The Morgan fingerprint density at radius 3 is 2.10 bits per heavy atom. The number of rotatable bonds is 7. The first-order chi connectivity index (χ1) is 13.9. The van der Waals surface area contributed by atoms with Crippen LogP contribution in [0.5, 0.6) is 0 Å². The topological polar surface area (TPSA) is 66.5 Å². The number of sulfonamides is 1. The summed E-state index contributed by atoms with van der Waals surface area (Å²) in [5, 5.41) is 2.99. The zero-order valence-electron chi connectivity index (χ0n) is 16.4. The van der Waals surface area contributed by atoms with Crippen LogP contribution in [0.1, 0.15) is 22.7 Å². The summed E-state index contributed by atoms with van der Waals surface area (Å²) in [5.74, 6) is -0.373. The van der Waals surface area contributed by atoms with Crippen LogP contribution in [0.4, 0.5) is 0 Å². The second-order valence-electron chi connectivity index (χ2n) is 6.90. The lowest BCUT2D eigenvalue weighted by molar-refractivity contribution is -0.121. The van der Waals surface area contributed by atoms with Gasteiger partial charge in [-0.15, -0.1) is 0 Å². The number of nitrogens with zero attached hydrogens (tertiary/aromatic N) is 1. The number of hydrogen-bond acceptors (Lipinski definition) is 3. The van der Waals surface area contributed by atoms with Gasteiger partial charge in [-0.2, -0.15) is 4.31 Å². The quantitative estimate of drug-likeness (QED) is 0.650. The Kier molecular flexibility index (Phi) is 6.46. The van der Waals surface area contributed by atoms with Crippen LogP contribution in [0, 0.1) is 6.92 Å². The van der Waals surface area contributed by atoms with E-state index in [4.69, 9.17) is 0 Å². The maximum atomic E-state index is 12.8. The van der Waals surface area contributed by atoms with Gasteiger partial charge < -0.3 is 5.32 Å². The van der Waals surface area contributed by atoms with E-state index in [1.54, 1.807) is 18.2 Å². The molecule has 29 heavy (non-hydrogen) atoms. The maximum Gasteiger partial charge on any atom is 0.243 e. The highest BCUT2D eigenvalue weighted by molar-refractivity contribution is 7.89. The molecular formula is C23H24N2O3S. The van der Waals surface area contributed by atoms with E-state index in [2.05, 4.69) is 5.32 Å². The molecule has 0 aliphatic heterocycles. The lowest BCUT2D eigenvalue weighted by atomic mass is 9.97. The lowest BCUT2D eigenvalue weighted by Gasteiger charge is -2.22. The minimum absolute atomic E-state index is 0.161. The van der Waals surface area contributed by atoms with Crippen LogP contribution in [0.15, 0.2) is 89.8 Å². The predicted molar refractivity (Wildman–Crippen MR) is 114 cm³/mol. The Balaban J connectivity index is 1.80. The summed E-state index contributed by atoms with van der Waals surface area (Å²) in [6, 6.07) is 25.3. The second kappa shape index (κ2) is 9.03. The van der Waals surface area contributed by atoms with E-state index in [0.717, 1.165) is 21.0 Å². The number of benzene rings is 3. The molecule has 1 atom stereocenters. The SMILES string of the molecule is Cc1cccc(C(NC(=O)CN(C)S(=O)(=O)c2ccccc2)c2ccccc2)c1. The minimum Gasteiger partial charge on any atom is -0.344 e. The van der Waals surface area contributed by atoms with Gasteiger partial charge in [0.2, 0.25) is 15.9 Å².